The molecule has 0 radical (unpaired) electrons. The highest BCUT2D eigenvalue weighted by Crippen LogP contribution is 2.42. The fourth-order valence-electron chi connectivity index (χ4n) is 6.83. The van der Waals surface area contributed by atoms with Crippen LogP contribution in [0.2, 0.25) is 0 Å². The molecule has 0 spiro atoms. The quantitative estimate of drug-likeness (QED) is 0.218. The van der Waals surface area contributed by atoms with Gasteiger partial charge in [0, 0.05) is 36.6 Å². The summed E-state index contributed by atoms with van der Waals surface area (Å²) in [5.74, 6) is 0. The van der Waals surface area contributed by atoms with Crippen molar-refractivity contribution in [3.05, 3.63) is 150 Å². The zero-order valence-corrected chi connectivity index (χ0v) is 24.5. The predicted octanol–water partition coefficient (Wildman–Crippen LogP) is 9.96. The molecule has 0 aliphatic carbocycles. The molecule has 0 saturated heterocycles. The fraction of sp³-hybridized carbons (Fsp3) is 0.0513. The van der Waals surface area contributed by atoms with E-state index in [1.807, 2.05) is 35.6 Å². The first-order valence-electron chi connectivity index (χ1n) is 14.8. The van der Waals surface area contributed by atoms with Crippen molar-refractivity contribution in [3.8, 4) is 17.2 Å². The molecule has 0 bridgehead atoms. The van der Waals surface area contributed by atoms with Gasteiger partial charge in [-0.3, -0.25) is 5.32 Å². The van der Waals surface area contributed by atoms with Crippen LogP contribution in [0.25, 0.3) is 53.1 Å². The van der Waals surface area contributed by atoms with E-state index in [9.17, 15) is 5.26 Å². The number of thiophene rings is 1. The van der Waals surface area contributed by atoms with Gasteiger partial charge in [0.25, 0.3) is 0 Å². The second kappa shape index (κ2) is 9.82. The maximum Gasteiger partial charge on any atom is 0.160 e. The number of nitrogens with zero attached hydrogens (tertiary/aromatic N) is 2. The van der Waals surface area contributed by atoms with Gasteiger partial charge in [-0.15, -0.1) is 11.3 Å². The summed E-state index contributed by atoms with van der Waals surface area (Å²) in [6.45, 7) is 0. The minimum absolute atomic E-state index is 0.00520. The molecule has 8 aromatic rings. The van der Waals surface area contributed by atoms with Gasteiger partial charge in [-0.2, -0.15) is 5.26 Å². The van der Waals surface area contributed by atoms with E-state index in [2.05, 4.69) is 130 Å². The molecule has 0 saturated carbocycles. The highest BCUT2D eigenvalue weighted by molar-refractivity contribution is 7.25. The SMILES string of the molecule is N#Cc1ccc(-c2ccc(C3NC(n4c5ccccc5c5cc6sc7ccccc7c6cc54)Nc4ccccc43)cc2)cc1. The van der Waals surface area contributed by atoms with Crippen molar-refractivity contribution >= 4 is 59.0 Å². The van der Waals surface area contributed by atoms with Crippen molar-refractivity contribution in [1.82, 2.24) is 9.88 Å². The Hall–Kier alpha value is -5.41. The van der Waals surface area contributed by atoms with Crippen LogP contribution in [0, 0.1) is 11.3 Å². The van der Waals surface area contributed by atoms with Crippen LogP contribution in [-0.4, -0.2) is 4.57 Å². The predicted molar refractivity (Wildman–Crippen MR) is 183 cm³/mol. The number of rotatable bonds is 3. The molecule has 208 valence electrons. The van der Waals surface area contributed by atoms with Gasteiger partial charge >= 0.3 is 0 Å². The molecule has 2 aromatic heterocycles. The zero-order valence-electron chi connectivity index (χ0n) is 23.7. The number of nitrogens with one attached hydrogen (secondary N) is 2. The lowest BCUT2D eigenvalue weighted by Gasteiger charge is -2.36. The van der Waals surface area contributed by atoms with Gasteiger partial charge in [0.15, 0.2) is 6.29 Å². The first-order chi connectivity index (χ1) is 21.7. The van der Waals surface area contributed by atoms with Crippen LogP contribution in [0.1, 0.15) is 29.0 Å². The van der Waals surface area contributed by atoms with E-state index in [0.29, 0.717) is 5.56 Å². The molecule has 2 unspecified atom stereocenters. The summed E-state index contributed by atoms with van der Waals surface area (Å²) in [5.41, 5.74) is 8.87. The third-order valence-electron chi connectivity index (χ3n) is 8.95. The molecule has 0 fully saturated rings. The normalized spacial score (nSPS) is 16.2. The number of fused-ring (bicyclic) bond motifs is 7. The van der Waals surface area contributed by atoms with Crippen LogP contribution in [0.4, 0.5) is 5.69 Å². The van der Waals surface area contributed by atoms with Crippen molar-refractivity contribution in [1.29, 1.82) is 5.26 Å². The van der Waals surface area contributed by atoms with E-state index < -0.39 is 0 Å². The van der Waals surface area contributed by atoms with Crippen LogP contribution >= 0.6 is 11.3 Å². The molecular weight excluding hydrogens is 557 g/mol. The fourth-order valence-corrected chi connectivity index (χ4v) is 7.96. The molecule has 44 heavy (non-hydrogen) atoms. The Balaban J connectivity index is 1.19. The lowest BCUT2D eigenvalue weighted by Crippen LogP contribution is -2.40. The summed E-state index contributed by atoms with van der Waals surface area (Å²) in [6.07, 6.45) is -0.169. The molecule has 6 aromatic carbocycles. The summed E-state index contributed by atoms with van der Waals surface area (Å²) in [5, 5.41) is 22.1. The van der Waals surface area contributed by atoms with Crippen LogP contribution in [0.3, 0.4) is 0 Å². The summed E-state index contributed by atoms with van der Waals surface area (Å²) in [7, 11) is 0. The Morgan fingerprint density at radius 3 is 2.14 bits per heavy atom. The third kappa shape index (κ3) is 3.86. The number of benzene rings is 6. The number of hydrogen-bond donors (Lipinski definition) is 2. The number of para-hydroxylation sites is 2. The van der Waals surface area contributed by atoms with Gasteiger partial charge in [0.2, 0.25) is 0 Å². The van der Waals surface area contributed by atoms with Gasteiger partial charge in [-0.1, -0.05) is 91.0 Å². The third-order valence-corrected chi connectivity index (χ3v) is 10.1. The van der Waals surface area contributed by atoms with Crippen molar-refractivity contribution < 1.29 is 0 Å². The first kappa shape index (κ1) is 25.1. The van der Waals surface area contributed by atoms with Gasteiger partial charge < -0.3 is 9.88 Å². The molecule has 4 nitrogen and oxygen atoms in total. The minimum atomic E-state index is -0.169. The molecule has 1 aliphatic heterocycles. The topological polar surface area (TPSA) is 52.8 Å². The molecule has 5 heteroatoms. The van der Waals surface area contributed by atoms with Gasteiger partial charge in [0.1, 0.15) is 0 Å². The standard InChI is InChI=1S/C39H26N4S/c40-23-24-13-15-25(16-14-24)26-17-19-27(20-18-26)38-30-9-1-4-10-33(30)41-39(42-38)43-34-11-5-2-7-28(34)31-22-37-32(21-35(31)43)29-8-3-6-12-36(29)44-37/h1-22,38-39,41-42H. The average Bonchev–Trinajstić information content (AvgIpc) is 3.61. The Morgan fingerprint density at radius 2 is 1.32 bits per heavy atom. The molecule has 2 N–H and O–H groups in total. The van der Waals surface area contributed by atoms with Crippen molar-refractivity contribution in [2.24, 2.45) is 0 Å². The summed E-state index contributed by atoms with van der Waals surface area (Å²) in [4.78, 5) is 0. The van der Waals surface area contributed by atoms with Crippen molar-refractivity contribution in [2.75, 3.05) is 5.32 Å². The lowest BCUT2D eigenvalue weighted by atomic mass is 9.93. The molecule has 1 aliphatic rings. The van der Waals surface area contributed by atoms with E-state index in [4.69, 9.17) is 0 Å². The second-order valence-electron chi connectivity index (χ2n) is 11.4. The van der Waals surface area contributed by atoms with Gasteiger partial charge in [-0.25, -0.2) is 0 Å². The monoisotopic (exact) mass is 582 g/mol. The van der Waals surface area contributed by atoms with Crippen LogP contribution in [-0.2, 0) is 0 Å². The summed E-state index contributed by atoms with van der Waals surface area (Å²) >= 11 is 1.86. The number of nitriles is 1. The number of anilines is 1. The minimum Gasteiger partial charge on any atom is -0.352 e. The van der Waals surface area contributed by atoms with E-state index in [1.165, 1.54) is 53.1 Å². The summed E-state index contributed by atoms with van der Waals surface area (Å²) < 4.78 is 5.07. The van der Waals surface area contributed by atoms with E-state index >= 15 is 0 Å². The van der Waals surface area contributed by atoms with E-state index in [1.54, 1.807) is 0 Å². The van der Waals surface area contributed by atoms with E-state index in [-0.39, 0.29) is 12.3 Å². The highest BCUT2D eigenvalue weighted by Gasteiger charge is 2.30. The molecule has 0 amide bonds. The molecule has 2 atom stereocenters. The molecule has 3 heterocycles. The maximum atomic E-state index is 9.18. The van der Waals surface area contributed by atoms with Crippen LogP contribution < -0.4 is 10.6 Å². The number of hydrogen-bond acceptors (Lipinski definition) is 4. The lowest BCUT2D eigenvalue weighted by molar-refractivity contribution is 0.417. The highest BCUT2D eigenvalue weighted by atomic mass is 32.1. The van der Waals surface area contributed by atoms with Crippen LogP contribution in [0.15, 0.2) is 133 Å². The van der Waals surface area contributed by atoms with Gasteiger partial charge in [0.05, 0.1) is 28.7 Å². The Morgan fingerprint density at radius 1 is 0.614 bits per heavy atom. The van der Waals surface area contributed by atoms with Crippen molar-refractivity contribution in [3.63, 3.8) is 0 Å². The average molecular weight is 583 g/mol. The van der Waals surface area contributed by atoms with Crippen LogP contribution in [0.5, 0.6) is 0 Å². The largest absolute Gasteiger partial charge is 0.352 e. The maximum absolute atomic E-state index is 9.18. The van der Waals surface area contributed by atoms with Gasteiger partial charge in [-0.05, 0) is 64.7 Å². The Kier molecular flexibility index (Phi) is 5.61. The van der Waals surface area contributed by atoms with E-state index in [0.717, 1.165) is 16.8 Å². The Bertz CT molecular complexity index is 2410. The molecule has 9 rings (SSSR count). The second-order valence-corrected chi connectivity index (χ2v) is 12.5. The Labute approximate surface area is 258 Å². The first-order valence-corrected chi connectivity index (χ1v) is 15.6. The number of aromatic nitrogens is 1. The summed E-state index contributed by atoms with van der Waals surface area (Å²) in [6, 6.07) is 49.6. The smallest absolute Gasteiger partial charge is 0.160 e. The zero-order chi connectivity index (χ0) is 29.2. The van der Waals surface area contributed by atoms with Crippen molar-refractivity contribution in [2.45, 2.75) is 12.3 Å². The molecular formula is C39H26N4S.